The molecule has 0 amide bonds. The van der Waals surface area contributed by atoms with E-state index in [-0.39, 0.29) is 56.5 Å². The van der Waals surface area contributed by atoms with Gasteiger partial charge in [-0.3, -0.25) is 14.7 Å². The van der Waals surface area contributed by atoms with Crippen molar-refractivity contribution >= 4 is 82.8 Å². The average molecular weight is 827 g/mol. The number of aryl methyl sites for hydroxylation is 2. The Kier molecular flexibility index (Phi) is 11.1. The Hall–Kier alpha value is -7.83. The highest BCUT2D eigenvalue weighted by molar-refractivity contribution is 7.86. The van der Waals surface area contributed by atoms with Gasteiger partial charge in [-0.25, -0.2) is 0 Å². The zero-order valence-electron chi connectivity index (χ0n) is 32.2. The third-order valence-corrected chi connectivity index (χ3v) is 10.2. The fourth-order valence-electron chi connectivity index (χ4n) is 6.28. The van der Waals surface area contributed by atoms with Crippen molar-refractivity contribution < 1.29 is 37.6 Å². The van der Waals surface area contributed by atoms with Gasteiger partial charge in [0.25, 0.3) is 15.8 Å². The molecule has 60 heavy (non-hydrogen) atoms. The first-order valence-corrected chi connectivity index (χ1v) is 19.3. The fraction of sp³-hybridized carbons (Fsp3) is 0.0952. The second kappa shape index (κ2) is 16.6. The van der Waals surface area contributed by atoms with Crippen LogP contribution in [0.2, 0.25) is 0 Å². The highest BCUT2D eigenvalue weighted by atomic mass is 32.2. The number of nitro benzene ring substituents is 1. The number of hydrogen-bond acceptors (Lipinski definition) is 15. The first-order chi connectivity index (χ1) is 28.7. The molecule has 7 aromatic carbocycles. The number of fused-ring (bicyclic) bond motifs is 2. The van der Waals surface area contributed by atoms with Crippen molar-refractivity contribution in [2.24, 2.45) is 30.7 Å². The first kappa shape index (κ1) is 40.4. The van der Waals surface area contributed by atoms with Gasteiger partial charge in [0.05, 0.1) is 36.6 Å². The number of para-hydroxylation sites is 1. The summed E-state index contributed by atoms with van der Waals surface area (Å²) in [4.78, 5) is 9.86. The van der Waals surface area contributed by atoms with Crippen LogP contribution in [0, 0.1) is 24.0 Å². The van der Waals surface area contributed by atoms with Crippen LogP contribution in [0.1, 0.15) is 11.1 Å². The lowest BCUT2D eigenvalue weighted by Crippen LogP contribution is -1.99. The van der Waals surface area contributed by atoms with Crippen LogP contribution in [-0.4, -0.2) is 42.3 Å². The van der Waals surface area contributed by atoms with Crippen molar-refractivity contribution in [3.8, 4) is 23.0 Å². The Morgan fingerprint density at radius 2 is 1.30 bits per heavy atom. The van der Waals surface area contributed by atoms with Gasteiger partial charge in [0.15, 0.2) is 17.2 Å². The minimum absolute atomic E-state index is 0.0821. The number of rotatable bonds is 12. The molecule has 0 atom stereocenters. The molecule has 0 aliphatic rings. The van der Waals surface area contributed by atoms with E-state index in [1.165, 1.54) is 62.8 Å². The fourth-order valence-corrected chi connectivity index (χ4v) is 6.94. The summed E-state index contributed by atoms with van der Waals surface area (Å²) >= 11 is 0. The number of ether oxygens (including phenoxy) is 2. The van der Waals surface area contributed by atoms with Gasteiger partial charge in [-0.2, -0.15) is 18.6 Å². The number of nitro groups is 1. The molecule has 7 aromatic rings. The molecule has 4 N–H and O–H groups in total. The molecule has 0 bridgehead atoms. The van der Waals surface area contributed by atoms with Crippen molar-refractivity contribution in [1.82, 2.24) is 0 Å². The Labute approximate surface area is 341 Å². The molecular weight excluding hydrogens is 793 g/mol. The van der Waals surface area contributed by atoms with E-state index in [1.807, 2.05) is 54.6 Å². The number of hydrogen-bond donors (Lipinski definition) is 4. The van der Waals surface area contributed by atoms with Gasteiger partial charge in [0, 0.05) is 34.3 Å². The Bertz CT molecular complexity index is 3050. The number of benzene rings is 7. The smallest absolute Gasteiger partial charge is 0.296 e. The van der Waals surface area contributed by atoms with Crippen molar-refractivity contribution in [1.29, 1.82) is 0 Å². The van der Waals surface area contributed by atoms with Crippen LogP contribution in [0.15, 0.2) is 145 Å². The lowest BCUT2D eigenvalue weighted by molar-refractivity contribution is -0.384. The zero-order valence-corrected chi connectivity index (χ0v) is 33.0. The number of aromatic hydroxyl groups is 2. The topological polar surface area (TPSA) is 243 Å². The zero-order chi connectivity index (χ0) is 42.7. The molecular formula is C42H34N8O9S. The number of anilines is 2. The summed E-state index contributed by atoms with van der Waals surface area (Å²) in [7, 11) is -2.26. The lowest BCUT2D eigenvalue weighted by Gasteiger charge is -2.11. The van der Waals surface area contributed by atoms with Crippen LogP contribution >= 0.6 is 0 Å². The Balaban J connectivity index is 1.19. The maximum atomic E-state index is 12.7. The molecule has 0 spiro atoms. The minimum Gasteiger partial charge on any atom is -0.505 e. The maximum Gasteiger partial charge on any atom is 0.296 e. The molecule has 0 radical (unpaired) electrons. The molecule has 0 aliphatic carbocycles. The predicted octanol–water partition coefficient (Wildman–Crippen LogP) is 12.2. The summed E-state index contributed by atoms with van der Waals surface area (Å²) in [6.45, 7) is 3.48. The third-order valence-electron chi connectivity index (χ3n) is 9.31. The molecule has 18 heteroatoms. The Morgan fingerprint density at radius 3 is 2.02 bits per heavy atom. The number of methoxy groups -OCH3 is 2. The van der Waals surface area contributed by atoms with Crippen LogP contribution in [0.25, 0.3) is 21.5 Å². The number of phenols is 2. The number of phenolic OH excluding ortho intramolecular Hbond substituents is 2. The molecule has 17 nitrogen and oxygen atoms in total. The standard InChI is InChI=1S/C42H34N8O9S/c1-23-17-35(37(59-4)22-34(23)46-45-33-15-13-30(50(53)54)21-36(33)58-3)47-49-40-38(60(55,56)57)19-26-18-29(12-14-31(26)41(40)51)44-48-39-24(2)16-25-10-11-28(20-32(25)42(39)52)43-27-8-6-5-7-9-27/h5-22,43,51-52H,1-4H3,(H,55,56,57). The minimum atomic E-state index is -4.97. The maximum absolute atomic E-state index is 12.7. The highest BCUT2D eigenvalue weighted by Crippen LogP contribution is 2.45. The highest BCUT2D eigenvalue weighted by Gasteiger charge is 2.23. The van der Waals surface area contributed by atoms with Crippen LogP contribution in [0.4, 0.5) is 51.2 Å². The summed E-state index contributed by atoms with van der Waals surface area (Å²) in [6, 6.07) is 29.5. The van der Waals surface area contributed by atoms with Crippen LogP contribution in [0.5, 0.6) is 23.0 Å². The van der Waals surface area contributed by atoms with E-state index >= 15 is 0 Å². The molecule has 0 aromatic heterocycles. The summed E-state index contributed by atoms with van der Waals surface area (Å²) in [6.07, 6.45) is 0. The quantitative estimate of drug-likeness (QED) is 0.0393. The second-order valence-electron chi connectivity index (χ2n) is 13.3. The van der Waals surface area contributed by atoms with Crippen molar-refractivity contribution in [2.45, 2.75) is 18.7 Å². The number of non-ortho nitro benzene ring substituents is 1. The molecule has 0 fully saturated rings. The summed E-state index contributed by atoms with van der Waals surface area (Å²) in [5.74, 6) is -0.388. The summed E-state index contributed by atoms with van der Waals surface area (Å²) < 4.78 is 46.2. The van der Waals surface area contributed by atoms with E-state index in [4.69, 9.17) is 9.47 Å². The van der Waals surface area contributed by atoms with Crippen molar-refractivity contribution in [3.05, 3.63) is 130 Å². The van der Waals surface area contributed by atoms with Gasteiger partial charge >= 0.3 is 0 Å². The molecule has 0 saturated heterocycles. The SMILES string of the molecule is COc1cc([N+](=O)[O-])ccc1N=Nc1cc(OC)c(N=Nc2c(S(=O)(=O)O)cc3cc(N=Nc4c(C)cc5ccc(Nc6ccccc6)cc5c4O)ccc3c2O)cc1C. The molecule has 7 rings (SSSR count). The summed E-state index contributed by atoms with van der Waals surface area (Å²) in [5, 5.41) is 64.0. The van der Waals surface area contributed by atoms with Crippen LogP contribution in [0.3, 0.4) is 0 Å². The molecule has 0 unspecified atom stereocenters. The van der Waals surface area contributed by atoms with E-state index in [1.54, 1.807) is 13.8 Å². The van der Waals surface area contributed by atoms with Crippen LogP contribution in [-0.2, 0) is 10.1 Å². The monoisotopic (exact) mass is 826 g/mol. The summed E-state index contributed by atoms with van der Waals surface area (Å²) in [5.41, 5.74) is 3.27. The molecule has 0 aliphatic heterocycles. The van der Waals surface area contributed by atoms with Gasteiger partial charge in [0.1, 0.15) is 33.4 Å². The molecule has 0 saturated carbocycles. The van der Waals surface area contributed by atoms with Crippen molar-refractivity contribution in [3.63, 3.8) is 0 Å². The third kappa shape index (κ3) is 8.40. The Morgan fingerprint density at radius 1 is 0.617 bits per heavy atom. The van der Waals surface area contributed by atoms with E-state index in [0.717, 1.165) is 22.8 Å². The normalized spacial score (nSPS) is 11.9. The van der Waals surface area contributed by atoms with Gasteiger partial charge in [-0.05, 0) is 102 Å². The van der Waals surface area contributed by atoms with Gasteiger partial charge in [0.2, 0.25) is 0 Å². The van der Waals surface area contributed by atoms with E-state index in [9.17, 15) is 33.3 Å². The lowest BCUT2D eigenvalue weighted by atomic mass is 10.0. The van der Waals surface area contributed by atoms with Gasteiger partial charge in [-0.1, -0.05) is 24.3 Å². The van der Waals surface area contributed by atoms with E-state index in [2.05, 4.69) is 36.0 Å². The number of nitrogens with zero attached hydrogens (tertiary/aromatic N) is 7. The van der Waals surface area contributed by atoms with Crippen LogP contribution < -0.4 is 14.8 Å². The average Bonchev–Trinajstić information content (AvgIpc) is 3.22. The number of azo groups is 3. The second-order valence-corrected chi connectivity index (χ2v) is 14.7. The van der Waals surface area contributed by atoms with Gasteiger partial charge < -0.3 is 25.0 Å². The van der Waals surface area contributed by atoms with Crippen molar-refractivity contribution in [2.75, 3.05) is 19.5 Å². The van der Waals surface area contributed by atoms with Gasteiger partial charge in [-0.15, -0.1) is 20.5 Å². The number of nitrogens with one attached hydrogen (secondary N) is 1. The van der Waals surface area contributed by atoms with E-state index < -0.39 is 31.4 Å². The largest absolute Gasteiger partial charge is 0.505 e. The molecule has 0 heterocycles. The molecule has 302 valence electrons. The predicted molar refractivity (Wildman–Crippen MR) is 225 cm³/mol. The van der Waals surface area contributed by atoms with E-state index in [0.29, 0.717) is 22.2 Å². The first-order valence-electron chi connectivity index (χ1n) is 17.9.